The van der Waals surface area contributed by atoms with Gasteiger partial charge in [-0.3, -0.25) is 19.2 Å². The second-order valence-electron chi connectivity index (χ2n) is 12.7. The molecule has 0 radical (unpaired) electrons. The molecule has 248 valence electrons. The van der Waals surface area contributed by atoms with E-state index >= 15 is 0 Å². The van der Waals surface area contributed by atoms with Gasteiger partial charge in [0.1, 0.15) is 29.9 Å². The van der Waals surface area contributed by atoms with Gasteiger partial charge in [-0.1, -0.05) is 43.3 Å². The fraction of sp³-hybridized carbons (Fsp3) is 0.576. The number of para-hydroxylation sites is 1. The molecule has 3 aliphatic rings. The molecule has 2 N–H and O–H groups in total. The van der Waals surface area contributed by atoms with Gasteiger partial charge >= 0.3 is 5.97 Å². The monoisotopic (exact) mass is 636 g/mol. The minimum absolute atomic E-state index is 0.0427. The van der Waals surface area contributed by atoms with Gasteiger partial charge < -0.3 is 29.7 Å². The van der Waals surface area contributed by atoms with Crippen LogP contribution < -0.4 is 5.32 Å². The van der Waals surface area contributed by atoms with Crippen LogP contribution in [0, 0.1) is 17.8 Å². The molecule has 7 atom stereocenters. The first-order valence-electron chi connectivity index (χ1n) is 15.9. The zero-order chi connectivity index (χ0) is 33.2. The molecule has 3 aliphatic heterocycles. The molecule has 46 heavy (non-hydrogen) atoms. The van der Waals surface area contributed by atoms with Crippen molar-refractivity contribution in [2.24, 2.45) is 17.8 Å². The number of aliphatic hydroxyl groups excluding tert-OH is 1. The summed E-state index contributed by atoms with van der Waals surface area (Å²) in [6.07, 6.45) is 3.68. The summed E-state index contributed by atoms with van der Waals surface area (Å²) in [7, 11) is 0. The summed E-state index contributed by atoms with van der Waals surface area (Å²) in [6.45, 7) is 12.8. The van der Waals surface area contributed by atoms with E-state index in [1.807, 2.05) is 38.1 Å². The first-order chi connectivity index (χ1) is 22.1. The van der Waals surface area contributed by atoms with Crippen molar-refractivity contribution < 1.29 is 33.8 Å². The van der Waals surface area contributed by atoms with E-state index in [-0.39, 0.29) is 50.5 Å². The minimum atomic E-state index is -1.28. The van der Waals surface area contributed by atoms with Crippen molar-refractivity contribution in [2.45, 2.75) is 83.0 Å². The molecule has 0 saturated carbocycles. The normalized spacial score (nSPS) is 26.2. The van der Waals surface area contributed by atoms with Gasteiger partial charge in [-0.2, -0.15) is 0 Å². The Balaban J connectivity index is 1.44. The quantitative estimate of drug-likeness (QED) is 0.220. The molecule has 1 aromatic carbocycles. The van der Waals surface area contributed by atoms with Crippen molar-refractivity contribution in [3.8, 4) is 0 Å². The number of hydrogen-bond acceptors (Lipinski definition) is 9. The smallest absolute Gasteiger partial charge is 0.312 e. The second-order valence-corrected chi connectivity index (χ2v) is 12.7. The molecule has 13 nitrogen and oxygen atoms in total. The predicted molar refractivity (Wildman–Crippen MR) is 168 cm³/mol. The Morgan fingerprint density at radius 1 is 1.24 bits per heavy atom. The van der Waals surface area contributed by atoms with Gasteiger partial charge in [0, 0.05) is 13.0 Å². The van der Waals surface area contributed by atoms with Crippen LogP contribution in [0.5, 0.6) is 0 Å². The van der Waals surface area contributed by atoms with Crippen LogP contribution in [0.15, 0.2) is 49.6 Å². The largest absolute Gasteiger partial charge is 0.460 e. The van der Waals surface area contributed by atoms with Crippen molar-refractivity contribution in [1.82, 2.24) is 30.1 Å². The molecule has 3 amide bonds. The molecular formula is C33H44N6O7. The number of hydrogen-bond donors (Lipinski definition) is 2. The molecule has 0 aliphatic carbocycles. The number of nitrogens with zero attached hydrogens (tertiary/aromatic N) is 5. The predicted octanol–water partition coefficient (Wildman–Crippen LogP) is 1.81. The third-order valence-electron chi connectivity index (χ3n) is 9.42. The topological polar surface area (TPSA) is 156 Å². The number of aromatic nitrogens is 3. The lowest BCUT2D eigenvalue weighted by Gasteiger charge is -2.40. The van der Waals surface area contributed by atoms with E-state index in [2.05, 4.69) is 28.8 Å². The molecular weight excluding hydrogens is 592 g/mol. The number of ether oxygens (including phenoxy) is 2. The van der Waals surface area contributed by atoms with Crippen LogP contribution in [0.4, 0.5) is 0 Å². The lowest BCUT2D eigenvalue weighted by Crippen LogP contribution is -2.59. The Morgan fingerprint density at radius 3 is 2.70 bits per heavy atom. The average Bonchev–Trinajstić information content (AvgIpc) is 3.78. The van der Waals surface area contributed by atoms with E-state index in [4.69, 9.17) is 9.47 Å². The number of esters is 1. The molecule has 13 heteroatoms. The summed E-state index contributed by atoms with van der Waals surface area (Å²) in [5.74, 6) is -3.68. The average molecular weight is 637 g/mol. The SMILES string of the molecule is C=CCCC(=O)NC[C@@H](C)OC(=O)[C@@H]1[C@@H]2CC[C@]3(O2)[C@H](C(=O)N(CC=C)Cn2nnc4ccccc42)N([C@@H](CO)C(C)C)C(=O)[C@@H]13. The Morgan fingerprint density at radius 2 is 2.00 bits per heavy atom. The maximum absolute atomic E-state index is 14.7. The fourth-order valence-corrected chi connectivity index (χ4v) is 7.24. The summed E-state index contributed by atoms with van der Waals surface area (Å²) in [5.41, 5.74) is 0.133. The molecule has 3 saturated heterocycles. The standard InChI is InChI=1S/C33H44N6O7/c1-6-8-13-26(41)34-17-21(5)45-32(44)27-25-14-15-33(46-25)28(27)30(42)39(24(18-40)20(3)4)29(33)31(43)37(16-7-2)19-38-23-12-10-9-11-22(23)35-36-38/h6-7,9-12,20-21,24-25,27-29,40H,1-2,8,13-19H2,3-5H3,(H,34,41)/t21-,24+,25+,27-,28-,29+,33-/m1/s1. The van der Waals surface area contributed by atoms with E-state index in [0.717, 1.165) is 5.52 Å². The molecule has 2 aromatic rings. The van der Waals surface area contributed by atoms with E-state index < -0.39 is 53.6 Å². The Bertz CT molecular complexity index is 1490. The molecule has 1 spiro atoms. The Kier molecular flexibility index (Phi) is 9.92. The third-order valence-corrected chi connectivity index (χ3v) is 9.42. The summed E-state index contributed by atoms with van der Waals surface area (Å²) >= 11 is 0. The highest BCUT2D eigenvalue weighted by atomic mass is 16.6. The second kappa shape index (κ2) is 13.7. The van der Waals surface area contributed by atoms with E-state index in [0.29, 0.717) is 24.8 Å². The number of carbonyl (C=O) groups excluding carboxylic acids is 4. The Hall–Kier alpha value is -4.10. The molecule has 4 heterocycles. The highest BCUT2D eigenvalue weighted by molar-refractivity contribution is 5.98. The number of benzene rings is 1. The number of allylic oxidation sites excluding steroid dienone is 1. The number of aliphatic hydroxyl groups is 1. The number of fused-ring (bicyclic) bond motifs is 2. The van der Waals surface area contributed by atoms with Crippen LogP contribution in [-0.4, -0.2) is 103 Å². The number of amides is 3. The maximum Gasteiger partial charge on any atom is 0.312 e. The number of likely N-dealkylation sites (tertiary alicyclic amines) is 1. The van der Waals surface area contributed by atoms with Gasteiger partial charge in [0.05, 0.1) is 42.6 Å². The first-order valence-corrected chi connectivity index (χ1v) is 15.9. The van der Waals surface area contributed by atoms with Crippen molar-refractivity contribution >= 4 is 34.7 Å². The van der Waals surface area contributed by atoms with Gasteiger partial charge in [-0.05, 0) is 44.2 Å². The highest BCUT2D eigenvalue weighted by Gasteiger charge is 2.75. The Labute approximate surface area is 268 Å². The van der Waals surface area contributed by atoms with Crippen LogP contribution in [0.2, 0.25) is 0 Å². The fourth-order valence-electron chi connectivity index (χ4n) is 7.24. The number of rotatable bonds is 15. The zero-order valence-corrected chi connectivity index (χ0v) is 26.7. The lowest BCUT2D eigenvalue weighted by atomic mass is 9.70. The van der Waals surface area contributed by atoms with Gasteiger partial charge in [0.15, 0.2) is 0 Å². The van der Waals surface area contributed by atoms with Crippen LogP contribution in [0.25, 0.3) is 11.0 Å². The van der Waals surface area contributed by atoms with Crippen molar-refractivity contribution in [1.29, 1.82) is 0 Å². The third kappa shape index (κ3) is 5.93. The number of nitrogens with one attached hydrogen (secondary N) is 1. The molecule has 3 fully saturated rings. The van der Waals surface area contributed by atoms with Gasteiger partial charge in [-0.15, -0.1) is 18.3 Å². The summed E-state index contributed by atoms with van der Waals surface area (Å²) in [6, 6.07) is 5.62. The maximum atomic E-state index is 14.7. The molecule has 5 rings (SSSR count). The van der Waals surface area contributed by atoms with E-state index in [9.17, 15) is 24.3 Å². The van der Waals surface area contributed by atoms with Crippen molar-refractivity contribution in [3.63, 3.8) is 0 Å². The van der Waals surface area contributed by atoms with Gasteiger partial charge in [-0.25, -0.2) is 4.68 Å². The van der Waals surface area contributed by atoms with Crippen LogP contribution >= 0.6 is 0 Å². The lowest BCUT2D eigenvalue weighted by molar-refractivity contribution is -0.160. The summed E-state index contributed by atoms with van der Waals surface area (Å²) < 4.78 is 13.9. The van der Waals surface area contributed by atoms with E-state index in [1.165, 1.54) is 4.90 Å². The van der Waals surface area contributed by atoms with Crippen molar-refractivity contribution in [2.75, 3.05) is 19.7 Å². The molecule has 2 bridgehead atoms. The highest BCUT2D eigenvalue weighted by Crippen LogP contribution is 2.59. The van der Waals surface area contributed by atoms with E-state index in [1.54, 1.807) is 28.7 Å². The molecule has 1 aromatic heterocycles. The molecule has 0 unspecified atom stereocenters. The van der Waals surface area contributed by atoms with Gasteiger partial charge in [0.2, 0.25) is 17.7 Å². The summed E-state index contributed by atoms with van der Waals surface area (Å²) in [5, 5.41) is 21.7. The zero-order valence-electron chi connectivity index (χ0n) is 26.7. The van der Waals surface area contributed by atoms with Crippen LogP contribution in [-0.2, 0) is 35.3 Å². The van der Waals surface area contributed by atoms with Crippen LogP contribution in [0.3, 0.4) is 0 Å². The first kappa shape index (κ1) is 33.3. The van der Waals surface area contributed by atoms with Gasteiger partial charge in [0.25, 0.3) is 0 Å². The van der Waals surface area contributed by atoms with Crippen molar-refractivity contribution in [3.05, 3.63) is 49.6 Å². The van der Waals surface area contributed by atoms with Crippen LogP contribution in [0.1, 0.15) is 46.5 Å². The number of carbonyl (C=O) groups is 4. The minimum Gasteiger partial charge on any atom is -0.460 e. The summed E-state index contributed by atoms with van der Waals surface area (Å²) in [4.78, 5) is 57.9.